The van der Waals surface area contributed by atoms with Crippen LogP contribution in [0.2, 0.25) is 0 Å². The Labute approximate surface area is 167 Å². The van der Waals surface area contributed by atoms with E-state index in [9.17, 15) is 23.6 Å². The molecule has 0 saturated heterocycles. The van der Waals surface area contributed by atoms with Crippen LogP contribution in [0.5, 0.6) is 5.75 Å². The van der Waals surface area contributed by atoms with E-state index >= 15 is 0 Å². The van der Waals surface area contributed by atoms with Crippen LogP contribution < -0.4 is 4.90 Å². The van der Waals surface area contributed by atoms with E-state index in [4.69, 9.17) is 4.55 Å². The zero-order valence-electron chi connectivity index (χ0n) is 15.7. The number of hydrogen-bond acceptors (Lipinski definition) is 9. The molecule has 0 amide bonds. The summed E-state index contributed by atoms with van der Waals surface area (Å²) in [6.45, 7) is 2.94. The van der Waals surface area contributed by atoms with Crippen LogP contribution in [0.15, 0.2) is 46.8 Å². The molecule has 0 bridgehead atoms. The van der Waals surface area contributed by atoms with Crippen LogP contribution in [0, 0.1) is 10.1 Å². The molecule has 0 fully saturated rings. The maximum Gasteiger partial charge on any atom is 0.315 e. The predicted molar refractivity (Wildman–Crippen MR) is 107 cm³/mol. The molecule has 0 aliphatic heterocycles. The molecule has 0 unspecified atom stereocenters. The first-order valence-corrected chi connectivity index (χ1v) is 10.4. The van der Waals surface area contributed by atoms with Crippen molar-refractivity contribution in [2.24, 2.45) is 10.2 Å². The van der Waals surface area contributed by atoms with Crippen molar-refractivity contribution in [2.45, 2.75) is 19.8 Å². The smallest absolute Gasteiger partial charge is 0.315 e. The van der Waals surface area contributed by atoms with E-state index in [1.54, 1.807) is 6.07 Å². The number of nitro groups is 1. The summed E-state index contributed by atoms with van der Waals surface area (Å²) < 4.78 is 30.6. The summed E-state index contributed by atoms with van der Waals surface area (Å²) in [6, 6.07) is 7.27. The first-order chi connectivity index (χ1) is 13.7. The molecule has 156 valence electrons. The molecule has 11 nitrogen and oxygen atoms in total. The van der Waals surface area contributed by atoms with Crippen molar-refractivity contribution in [1.82, 2.24) is 4.98 Å². The molecule has 2 aromatic rings. The Morgan fingerprint density at radius 3 is 2.62 bits per heavy atom. The van der Waals surface area contributed by atoms with E-state index in [0.717, 1.165) is 6.42 Å². The van der Waals surface area contributed by atoms with Gasteiger partial charge in [-0.1, -0.05) is 6.92 Å². The Bertz CT molecular complexity index is 996. The van der Waals surface area contributed by atoms with Crippen molar-refractivity contribution >= 4 is 33.0 Å². The standard InChI is InChI=1S/C17H21N5O6S/c1-2-9-21(10-4-11-29(26,27)28)13-6-7-14(16(23)12-13)19-20-17-15(22(24)25)5-3-8-18-17/h3,5-8,12,23H,2,4,9-11H2,1H3,(H,26,27,28). The summed E-state index contributed by atoms with van der Waals surface area (Å²) in [7, 11) is -4.03. The lowest BCUT2D eigenvalue weighted by Crippen LogP contribution is -2.26. The molecule has 0 atom stereocenters. The summed E-state index contributed by atoms with van der Waals surface area (Å²) in [5, 5.41) is 28.8. The first-order valence-electron chi connectivity index (χ1n) is 8.75. The van der Waals surface area contributed by atoms with Crippen LogP contribution >= 0.6 is 0 Å². The van der Waals surface area contributed by atoms with E-state index in [1.807, 2.05) is 11.8 Å². The number of aromatic nitrogens is 1. The van der Waals surface area contributed by atoms with Gasteiger partial charge in [-0.05, 0) is 31.0 Å². The van der Waals surface area contributed by atoms with E-state index in [-0.39, 0.29) is 35.1 Å². The van der Waals surface area contributed by atoms with Crippen molar-refractivity contribution in [3.05, 3.63) is 46.6 Å². The third kappa shape index (κ3) is 6.76. The van der Waals surface area contributed by atoms with Gasteiger partial charge in [0.25, 0.3) is 15.9 Å². The second kappa shape index (κ2) is 9.89. The summed E-state index contributed by atoms with van der Waals surface area (Å²) in [5.41, 5.74) is 0.436. The quantitative estimate of drug-likeness (QED) is 0.254. The van der Waals surface area contributed by atoms with Crippen molar-refractivity contribution in [3.63, 3.8) is 0 Å². The average Bonchev–Trinajstić information content (AvgIpc) is 2.65. The van der Waals surface area contributed by atoms with Gasteiger partial charge in [0.15, 0.2) is 0 Å². The number of pyridine rings is 1. The summed E-state index contributed by atoms with van der Waals surface area (Å²) in [6.07, 6.45) is 2.36. The maximum absolute atomic E-state index is 11.0. The first kappa shape index (κ1) is 22.2. The van der Waals surface area contributed by atoms with Crippen LogP contribution in [-0.2, 0) is 10.1 Å². The fourth-order valence-corrected chi connectivity index (χ4v) is 3.07. The molecular formula is C17H21N5O6S. The molecule has 0 aliphatic carbocycles. The van der Waals surface area contributed by atoms with Crippen molar-refractivity contribution < 1.29 is 23.0 Å². The molecule has 1 aromatic heterocycles. The minimum Gasteiger partial charge on any atom is -0.506 e. The fourth-order valence-electron chi connectivity index (χ4n) is 2.58. The summed E-state index contributed by atoms with van der Waals surface area (Å²) in [4.78, 5) is 16.0. The molecular weight excluding hydrogens is 402 g/mol. The highest BCUT2D eigenvalue weighted by Gasteiger charge is 2.14. The van der Waals surface area contributed by atoms with Gasteiger partial charge in [-0.3, -0.25) is 14.7 Å². The number of anilines is 1. The van der Waals surface area contributed by atoms with Gasteiger partial charge in [0, 0.05) is 37.1 Å². The van der Waals surface area contributed by atoms with E-state index in [1.165, 1.54) is 30.5 Å². The lowest BCUT2D eigenvalue weighted by molar-refractivity contribution is -0.384. The molecule has 0 aliphatic rings. The largest absolute Gasteiger partial charge is 0.506 e. The number of azo groups is 1. The fraction of sp³-hybridized carbons (Fsp3) is 0.353. The predicted octanol–water partition coefficient (Wildman–Crippen LogP) is 3.61. The number of hydrogen-bond donors (Lipinski definition) is 2. The highest BCUT2D eigenvalue weighted by atomic mass is 32.2. The number of aromatic hydroxyl groups is 1. The maximum atomic E-state index is 11.0. The minimum atomic E-state index is -4.03. The zero-order valence-corrected chi connectivity index (χ0v) is 16.5. The normalized spacial score (nSPS) is 11.7. The van der Waals surface area contributed by atoms with Gasteiger partial charge in [-0.15, -0.1) is 10.2 Å². The van der Waals surface area contributed by atoms with Crippen LogP contribution in [0.1, 0.15) is 19.8 Å². The summed E-state index contributed by atoms with van der Waals surface area (Å²) in [5.74, 6) is -0.728. The van der Waals surface area contributed by atoms with E-state index in [0.29, 0.717) is 18.8 Å². The monoisotopic (exact) mass is 423 g/mol. The lowest BCUT2D eigenvalue weighted by atomic mass is 10.2. The van der Waals surface area contributed by atoms with E-state index < -0.39 is 15.0 Å². The van der Waals surface area contributed by atoms with Gasteiger partial charge in [0.1, 0.15) is 11.4 Å². The second-order valence-electron chi connectivity index (χ2n) is 6.10. The Balaban J connectivity index is 2.19. The average molecular weight is 423 g/mol. The lowest BCUT2D eigenvalue weighted by Gasteiger charge is -2.24. The molecule has 0 spiro atoms. The number of nitrogens with zero attached hydrogens (tertiary/aromatic N) is 5. The van der Waals surface area contributed by atoms with Crippen LogP contribution in [-0.4, -0.2) is 46.8 Å². The van der Waals surface area contributed by atoms with Crippen LogP contribution in [0.4, 0.5) is 22.9 Å². The van der Waals surface area contributed by atoms with Crippen LogP contribution in [0.3, 0.4) is 0 Å². The Hall–Kier alpha value is -3.12. The Morgan fingerprint density at radius 2 is 2.00 bits per heavy atom. The molecule has 2 N–H and O–H groups in total. The van der Waals surface area contributed by atoms with Gasteiger partial charge in [-0.2, -0.15) is 8.42 Å². The molecule has 1 heterocycles. The Kier molecular flexibility index (Phi) is 7.56. The number of phenols is 1. The summed E-state index contributed by atoms with van der Waals surface area (Å²) >= 11 is 0. The highest BCUT2D eigenvalue weighted by molar-refractivity contribution is 7.85. The van der Waals surface area contributed by atoms with Crippen molar-refractivity contribution in [1.29, 1.82) is 0 Å². The zero-order chi connectivity index (χ0) is 21.4. The highest BCUT2D eigenvalue weighted by Crippen LogP contribution is 2.33. The third-order valence-corrected chi connectivity index (χ3v) is 4.67. The molecule has 12 heteroatoms. The van der Waals surface area contributed by atoms with E-state index in [2.05, 4.69) is 15.2 Å². The van der Waals surface area contributed by atoms with Gasteiger partial charge in [-0.25, -0.2) is 4.98 Å². The molecule has 0 saturated carbocycles. The van der Waals surface area contributed by atoms with Crippen molar-refractivity contribution in [2.75, 3.05) is 23.7 Å². The second-order valence-corrected chi connectivity index (χ2v) is 7.67. The number of benzene rings is 1. The number of phenolic OH excluding ortho intramolecular Hbond substituents is 1. The Morgan fingerprint density at radius 1 is 1.24 bits per heavy atom. The van der Waals surface area contributed by atoms with Gasteiger partial charge >= 0.3 is 5.69 Å². The third-order valence-electron chi connectivity index (χ3n) is 3.86. The molecule has 1 aromatic carbocycles. The minimum absolute atomic E-state index is 0.100. The van der Waals surface area contributed by atoms with Gasteiger partial charge in [0.2, 0.25) is 0 Å². The molecule has 29 heavy (non-hydrogen) atoms. The number of rotatable bonds is 10. The molecule has 0 radical (unpaired) electrons. The van der Waals surface area contributed by atoms with Crippen molar-refractivity contribution in [3.8, 4) is 5.75 Å². The van der Waals surface area contributed by atoms with Gasteiger partial charge < -0.3 is 10.0 Å². The SMILES string of the molecule is CCCN(CCCS(=O)(=O)O)c1ccc(N=Nc2ncccc2[N+](=O)[O-])c(O)c1. The topological polar surface area (TPSA) is 159 Å². The molecule has 2 rings (SSSR count). The van der Waals surface area contributed by atoms with Crippen LogP contribution in [0.25, 0.3) is 0 Å². The van der Waals surface area contributed by atoms with Gasteiger partial charge in [0.05, 0.1) is 10.7 Å².